The quantitative estimate of drug-likeness (QED) is 0.792. The summed E-state index contributed by atoms with van der Waals surface area (Å²) in [5, 5.41) is 3.20. The Bertz CT molecular complexity index is 261. The summed E-state index contributed by atoms with van der Waals surface area (Å²) in [7, 11) is 0. The lowest BCUT2D eigenvalue weighted by atomic mass is 9.84. The normalized spacial score (nSPS) is 32.4. The third-order valence-corrected chi connectivity index (χ3v) is 4.63. The standard InChI is InChI=1S/C14H26N2O/c1-10(11-6-2-3-7-11)16-14(17)12-8-4-5-9-13(12)15/h10-13H,2-9,15H2,1H3,(H,16,17). The number of nitrogens with two attached hydrogens (primary N) is 1. The lowest BCUT2D eigenvalue weighted by molar-refractivity contribution is -0.127. The Hall–Kier alpha value is -0.570. The predicted octanol–water partition coefficient (Wildman–Crippen LogP) is 2.20. The maximum Gasteiger partial charge on any atom is 0.224 e. The van der Waals surface area contributed by atoms with Crippen molar-refractivity contribution < 1.29 is 4.79 Å². The van der Waals surface area contributed by atoms with E-state index in [4.69, 9.17) is 5.73 Å². The van der Waals surface area contributed by atoms with E-state index in [1.807, 2.05) is 0 Å². The van der Waals surface area contributed by atoms with E-state index in [0.717, 1.165) is 19.3 Å². The van der Waals surface area contributed by atoms with Crippen molar-refractivity contribution in [2.45, 2.75) is 70.4 Å². The summed E-state index contributed by atoms with van der Waals surface area (Å²) in [6.45, 7) is 2.15. The fourth-order valence-corrected chi connectivity index (χ4v) is 3.39. The van der Waals surface area contributed by atoms with Crippen LogP contribution in [0.3, 0.4) is 0 Å². The molecule has 0 aromatic heterocycles. The number of carbonyl (C=O) groups excluding carboxylic acids is 1. The summed E-state index contributed by atoms with van der Waals surface area (Å²) >= 11 is 0. The summed E-state index contributed by atoms with van der Waals surface area (Å²) in [6.07, 6.45) is 9.53. The van der Waals surface area contributed by atoms with E-state index in [1.165, 1.54) is 32.1 Å². The minimum Gasteiger partial charge on any atom is -0.353 e. The van der Waals surface area contributed by atoms with Crippen LogP contribution in [0.1, 0.15) is 58.3 Å². The van der Waals surface area contributed by atoms with Gasteiger partial charge in [0.05, 0.1) is 5.92 Å². The molecule has 2 aliphatic carbocycles. The van der Waals surface area contributed by atoms with Crippen LogP contribution in [0.4, 0.5) is 0 Å². The SMILES string of the molecule is CC(NC(=O)C1CCCCC1N)C1CCCC1. The molecule has 0 aliphatic heterocycles. The number of carbonyl (C=O) groups is 1. The van der Waals surface area contributed by atoms with Gasteiger partial charge < -0.3 is 11.1 Å². The van der Waals surface area contributed by atoms with E-state index in [-0.39, 0.29) is 17.9 Å². The van der Waals surface area contributed by atoms with Crippen molar-refractivity contribution in [1.29, 1.82) is 0 Å². The number of hydrogen-bond acceptors (Lipinski definition) is 2. The maximum absolute atomic E-state index is 12.2. The molecule has 2 rings (SSSR count). The van der Waals surface area contributed by atoms with E-state index in [1.54, 1.807) is 0 Å². The predicted molar refractivity (Wildman–Crippen MR) is 69.5 cm³/mol. The van der Waals surface area contributed by atoms with Crippen molar-refractivity contribution in [3.8, 4) is 0 Å². The van der Waals surface area contributed by atoms with Gasteiger partial charge in [0.15, 0.2) is 0 Å². The molecule has 0 bridgehead atoms. The highest BCUT2D eigenvalue weighted by Gasteiger charge is 2.30. The number of amides is 1. The molecule has 1 amide bonds. The molecule has 2 saturated carbocycles. The zero-order chi connectivity index (χ0) is 12.3. The first-order valence-electron chi connectivity index (χ1n) is 7.24. The summed E-state index contributed by atoms with van der Waals surface area (Å²) < 4.78 is 0. The zero-order valence-electron chi connectivity index (χ0n) is 11.0. The van der Waals surface area contributed by atoms with Crippen molar-refractivity contribution in [3.63, 3.8) is 0 Å². The van der Waals surface area contributed by atoms with Gasteiger partial charge in [-0.3, -0.25) is 4.79 Å². The van der Waals surface area contributed by atoms with Crippen LogP contribution in [-0.2, 0) is 4.79 Å². The van der Waals surface area contributed by atoms with Crippen LogP contribution in [0, 0.1) is 11.8 Å². The largest absolute Gasteiger partial charge is 0.353 e. The van der Waals surface area contributed by atoms with Crippen molar-refractivity contribution in [1.82, 2.24) is 5.32 Å². The summed E-state index contributed by atoms with van der Waals surface area (Å²) in [5.74, 6) is 0.961. The van der Waals surface area contributed by atoms with E-state index in [2.05, 4.69) is 12.2 Å². The third-order valence-electron chi connectivity index (χ3n) is 4.63. The lowest BCUT2D eigenvalue weighted by Crippen LogP contribution is -2.47. The summed E-state index contributed by atoms with van der Waals surface area (Å²) in [4.78, 5) is 12.2. The third kappa shape index (κ3) is 3.21. The molecule has 3 N–H and O–H groups in total. The molecule has 17 heavy (non-hydrogen) atoms. The molecule has 0 aromatic carbocycles. The Kier molecular flexibility index (Phi) is 4.43. The molecule has 3 atom stereocenters. The topological polar surface area (TPSA) is 55.1 Å². The Labute approximate surface area is 105 Å². The highest BCUT2D eigenvalue weighted by atomic mass is 16.2. The van der Waals surface area contributed by atoms with Gasteiger partial charge in [-0.2, -0.15) is 0 Å². The Morgan fingerprint density at radius 2 is 1.71 bits per heavy atom. The van der Waals surface area contributed by atoms with Gasteiger partial charge in [-0.1, -0.05) is 25.7 Å². The molecule has 3 nitrogen and oxygen atoms in total. The monoisotopic (exact) mass is 238 g/mol. The molecule has 2 fully saturated rings. The molecular formula is C14H26N2O. The Morgan fingerprint density at radius 3 is 2.35 bits per heavy atom. The van der Waals surface area contributed by atoms with Crippen LogP contribution in [0.2, 0.25) is 0 Å². The molecule has 0 heterocycles. The molecule has 2 aliphatic rings. The highest BCUT2D eigenvalue weighted by Crippen LogP contribution is 2.28. The second-order valence-corrected chi connectivity index (χ2v) is 5.90. The second kappa shape index (κ2) is 5.85. The molecule has 3 unspecified atom stereocenters. The Morgan fingerprint density at radius 1 is 1.12 bits per heavy atom. The lowest BCUT2D eigenvalue weighted by Gasteiger charge is -2.30. The summed E-state index contributed by atoms with van der Waals surface area (Å²) in [6, 6.07) is 0.415. The van der Waals surface area contributed by atoms with E-state index >= 15 is 0 Å². The van der Waals surface area contributed by atoms with Gasteiger partial charge in [0.2, 0.25) is 5.91 Å². The number of nitrogens with one attached hydrogen (secondary N) is 1. The van der Waals surface area contributed by atoms with Gasteiger partial charge in [0.25, 0.3) is 0 Å². The number of hydrogen-bond donors (Lipinski definition) is 2. The van der Waals surface area contributed by atoms with Crippen molar-refractivity contribution in [2.24, 2.45) is 17.6 Å². The van der Waals surface area contributed by atoms with Gasteiger partial charge in [-0.05, 0) is 38.5 Å². The minimum absolute atomic E-state index is 0.0626. The summed E-state index contributed by atoms with van der Waals surface area (Å²) in [5.41, 5.74) is 6.05. The molecule has 0 radical (unpaired) electrons. The first-order valence-corrected chi connectivity index (χ1v) is 7.24. The van der Waals surface area contributed by atoms with Gasteiger partial charge in [0.1, 0.15) is 0 Å². The van der Waals surface area contributed by atoms with Gasteiger partial charge in [0, 0.05) is 12.1 Å². The highest BCUT2D eigenvalue weighted by molar-refractivity contribution is 5.79. The average molecular weight is 238 g/mol. The van der Waals surface area contributed by atoms with Gasteiger partial charge >= 0.3 is 0 Å². The van der Waals surface area contributed by atoms with Gasteiger partial charge in [-0.15, -0.1) is 0 Å². The van der Waals surface area contributed by atoms with Crippen LogP contribution in [0.25, 0.3) is 0 Å². The fraction of sp³-hybridized carbons (Fsp3) is 0.929. The first-order chi connectivity index (χ1) is 8.18. The zero-order valence-corrected chi connectivity index (χ0v) is 11.0. The fourth-order valence-electron chi connectivity index (χ4n) is 3.39. The van der Waals surface area contributed by atoms with Crippen molar-refractivity contribution in [3.05, 3.63) is 0 Å². The first kappa shape index (κ1) is 12.9. The molecule has 98 valence electrons. The Balaban J connectivity index is 1.82. The molecule has 3 heteroatoms. The number of rotatable bonds is 3. The minimum atomic E-state index is 0.0626. The van der Waals surface area contributed by atoms with Crippen LogP contribution in [-0.4, -0.2) is 18.0 Å². The molecule has 0 saturated heterocycles. The van der Waals surface area contributed by atoms with Gasteiger partial charge in [-0.25, -0.2) is 0 Å². The second-order valence-electron chi connectivity index (χ2n) is 5.90. The van der Waals surface area contributed by atoms with E-state index in [9.17, 15) is 4.79 Å². The molecular weight excluding hydrogens is 212 g/mol. The van der Waals surface area contributed by atoms with Crippen molar-refractivity contribution >= 4 is 5.91 Å². The molecule has 0 aromatic rings. The van der Waals surface area contributed by atoms with E-state index < -0.39 is 0 Å². The van der Waals surface area contributed by atoms with Crippen LogP contribution in [0.5, 0.6) is 0 Å². The van der Waals surface area contributed by atoms with Crippen LogP contribution in [0.15, 0.2) is 0 Å². The van der Waals surface area contributed by atoms with E-state index in [0.29, 0.717) is 12.0 Å². The molecule has 0 spiro atoms. The average Bonchev–Trinajstić information content (AvgIpc) is 2.82. The van der Waals surface area contributed by atoms with Crippen LogP contribution < -0.4 is 11.1 Å². The maximum atomic E-state index is 12.2. The van der Waals surface area contributed by atoms with Crippen molar-refractivity contribution in [2.75, 3.05) is 0 Å². The smallest absolute Gasteiger partial charge is 0.224 e. The van der Waals surface area contributed by atoms with Crippen LogP contribution >= 0.6 is 0 Å².